The Morgan fingerprint density at radius 2 is 1.62 bits per heavy atom. The van der Waals surface area contributed by atoms with Crippen LogP contribution in [0.3, 0.4) is 0 Å². The summed E-state index contributed by atoms with van der Waals surface area (Å²) >= 11 is 7.65. The van der Waals surface area contributed by atoms with Gasteiger partial charge in [0.05, 0.1) is 27.7 Å². The predicted octanol–water partition coefficient (Wildman–Crippen LogP) is 3.76. The lowest BCUT2D eigenvalue weighted by molar-refractivity contribution is -0.133. The van der Waals surface area contributed by atoms with Crippen LogP contribution in [-0.2, 0) is 14.8 Å². The molecule has 2 bridgehead atoms. The van der Waals surface area contributed by atoms with Crippen LogP contribution in [0.25, 0.3) is 21.7 Å². The van der Waals surface area contributed by atoms with E-state index in [-0.39, 0.29) is 17.1 Å². The number of ether oxygens (including phenoxy) is 1. The van der Waals surface area contributed by atoms with E-state index >= 15 is 0 Å². The third kappa shape index (κ3) is 3.67. The van der Waals surface area contributed by atoms with Crippen LogP contribution in [0.2, 0.25) is 5.02 Å². The summed E-state index contributed by atoms with van der Waals surface area (Å²) in [7, 11) is -3.73. The molecule has 6 nitrogen and oxygen atoms in total. The van der Waals surface area contributed by atoms with E-state index in [9.17, 15) is 8.42 Å². The van der Waals surface area contributed by atoms with E-state index < -0.39 is 10.0 Å². The molecule has 6 rings (SSSR count). The van der Waals surface area contributed by atoms with Crippen molar-refractivity contribution in [3.63, 3.8) is 0 Å². The first-order chi connectivity index (χ1) is 13.9. The molecule has 0 aliphatic carbocycles. The molecule has 150 valence electrons. The molecular weight excluding hydrogens is 430 g/mol. The van der Waals surface area contributed by atoms with E-state index in [1.165, 1.54) is 12.1 Å². The van der Waals surface area contributed by atoms with E-state index in [4.69, 9.17) is 26.5 Å². The number of benzene rings is 2. The van der Waals surface area contributed by atoms with E-state index in [1.807, 2.05) is 24.3 Å². The van der Waals surface area contributed by atoms with Crippen LogP contribution >= 0.6 is 22.9 Å². The second-order valence-corrected chi connectivity index (χ2v) is 10.2. The molecular formula is C20H18ClN3O3S2. The Morgan fingerprint density at radius 3 is 2.21 bits per heavy atom. The van der Waals surface area contributed by atoms with Gasteiger partial charge in [-0.2, -0.15) is 0 Å². The molecule has 2 atom stereocenters. The lowest BCUT2D eigenvalue weighted by Crippen LogP contribution is -2.57. The number of hydrogen-bond acceptors (Lipinski definition) is 6. The molecule has 3 aliphatic heterocycles. The standard InChI is InChI=1S/C20H18ClN3O3S2/c21-14-5-1-12(2-6-14)18-19(13-3-7-17(8-4-13)29(22,25)26)28-20(23-18)24-10-15-9-16(11-24)27-15/h1-8,15-16H,9-11H2,(H2,22,25,26). The van der Waals surface area contributed by atoms with Crippen molar-refractivity contribution in [2.24, 2.45) is 5.14 Å². The van der Waals surface area contributed by atoms with E-state index in [0.29, 0.717) is 5.02 Å². The van der Waals surface area contributed by atoms with Crippen LogP contribution in [0, 0.1) is 0 Å². The molecule has 29 heavy (non-hydrogen) atoms. The fraction of sp³-hybridized carbons (Fsp3) is 0.250. The van der Waals surface area contributed by atoms with Crippen LogP contribution < -0.4 is 10.0 Å². The zero-order chi connectivity index (χ0) is 20.2. The Morgan fingerprint density at radius 1 is 1.03 bits per heavy atom. The second-order valence-electron chi connectivity index (χ2n) is 7.27. The summed E-state index contributed by atoms with van der Waals surface area (Å²) in [6.45, 7) is 1.68. The van der Waals surface area contributed by atoms with Crippen LogP contribution in [0.5, 0.6) is 0 Å². The van der Waals surface area contributed by atoms with Crippen molar-refractivity contribution < 1.29 is 13.2 Å². The average molecular weight is 448 g/mol. The quantitative estimate of drug-likeness (QED) is 0.658. The zero-order valence-corrected chi connectivity index (χ0v) is 17.7. The SMILES string of the molecule is NS(=O)(=O)c1ccc(-c2sc(N3CC4CC(C3)O4)nc2-c2ccc(Cl)cc2)cc1. The highest BCUT2D eigenvalue weighted by Crippen LogP contribution is 2.42. The third-order valence-electron chi connectivity index (χ3n) is 5.21. The van der Waals surface area contributed by atoms with Crippen LogP contribution in [0.1, 0.15) is 6.42 Å². The van der Waals surface area contributed by atoms with Gasteiger partial charge in [0, 0.05) is 30.1 Å². The molecule has 3 fully saturated rings. The molecule has 0 amide bonds. The summed E-state index contributed by atoms with van der Waals surface area (Å²) in [4.78, 5) is 8.28. The highest BCUT2D eigenvalue weighted by Gasteiger charge is 2.39. The van der Waals surface area contributed by atoms with Gasteiger partial charge in [-0.05, 0) is 29.8 Å². The summed E-state index contributed by atoms with van der Waals surface area (Å²) in [5.41, 5.74) is 2.70. The van der Waals surface area contributed by atoms with Gasteiger partial charge < -0.3 is 9.64 Å². The summed E-state index contributed by atoms with van der Waals surface area (Å²) in [6, 6.07) is 14.2. The molecule has 0 spiro atoms. The molecule has 2 aromatic carbocycles. The van der Waals surface area contributed by atoms with Gasteiger partial charge >= 0.3 is 0 Å². The highest BCUT2D eigenvalue weighted by atomic mass is 35.5. The molecule has 1 aromatic heterocycles. The van der Waals surface area contributed by atoms with Crippen molar-refractivity contribution in [1.82, 2.24) is 4.98 Å². The molecule has 3 saturated heterocycles. The summed E-state index contributed by atoms with van der Waals surface area (Å²) in [5.74, 6) is 0. The minimum Gasteiger partial charge on any atom is -0.371 e. The number of fused-ring (bicyclic) bond motifs is 2. The Balaban J connectivity index is 1.57. The number of thiazole rings is 1. The third-order valence-corrected chi connectivity index (χ3v) is 7.55. The number of halogens is 1. The molecule has 2 N–H and O–H groups in total. The summed E-state index contributed by atoms with van der Waals surface area (Å²) < 4.78 is 28.9. The Kier molecular flexibility index (Phi) is 4.64. The van der Waals surface area contributed by atoms with Crippen molar-refractivity contribution in [1.29, 1.82) is 0 Å². The number of sulfonamides is 1. The number of morpholine rings is 1. The first kappa shape index (κ1) is 19.0. The van der Waals surface area contributed by atoms with Gasteiger partial charge in [-0.25, -0.2) is 18.5 Å². The first-order valence-corrected chi connectivity index (χ1v) is 11.9. The fourth-order valence-electron chi connectivity index (χ4n) is 3.75. The molecule has 9 heteroatoms. The smallest absolute Gasteiger partial charge is 0.238 e. The van der Waals surface area contributed by atoms with E-state index in [0.717, 1.165) is 46.3 Å². The number of nitrogens with zero attached hydrogens (tertiary/aromatic N) is 2. The van der Waals surface area contributed by atoms with Crippen LogP contribution in [0.15, 0.2) is 53.4 Å². The van der Waals surface area contributed by atoms with Gasteiger partial charge in [0.25, 0.3) is 0 Å². The van der Waals surface area contributed by atoms with E-state index in [2.05, 4.69) is 4.90 Å². The number of anilines is 1. The van der Waals surface area contributed by atoms with Crippen molar-refractivity contribution in [2.75, 3.05) is 18.0 Å². The monoisotopic (exact) mass is 447 g/mol. The fourth-order valence-corrected chi connectivity index (χ4v) is 5.50. The second kappa shape index (κ2) is 7.07. The first-order valence-electron chi connectivity index (χ1n) is 9.17. The molecule has 2 unspecified atom stereocenters. The number of primary sulfonamides is 1. The largest absolute Gasteiger partial charge is 0.371 e. The summed E-state index contributed by atoms with van der Waals surface area (Å²) in [5, 5.41) is 6.84. The maximum atomic E-state index is 11.6. The van der Waals surface area contributed by atoms with Gasteiger partial charge in [0.2, 0.25) is 10.0 Å². The van der Waals surface area contributed by atoms with Gasteiger partial charge in [0.1, 0.15) is 0 Å². The highest BCUT2D eigenvalue weighted by molar-refractivity contribution is 7.89. The summed E-state index contributed by atoms with van der Waals surface area (Å²) in [6.07, 6.45) is 1.69. The number of nitrogens with two attached hydrogens (primary N) is 1. The molecule has 3 aromatic rings. The minimum absolute atomic E-state index is 0.0901. The van der Waals surface area contributed by atoms with Gasteiger partial charge in [0.15, 0.2) is 5.13 Å². The van der Waals surface area contributed by atoms with Crippen molar-refractivity contribution in [2.45, 2.75) is 23.5 Å². The topological polar surface area (TPSA) is 85.5 Å². The van der Waals surface area contributed by atoms with Gasteiger partial charge in [-0.1, -0.05) is 47.2 Å². The number of rotatable bonds is 4. The molecule has 0 radical (unpaired) electrons. The van der Waals surface area contributed by atoms with Crippen molar-refractivity contribution in [3.05, 3.63) is 53.6 Å². The Bertz CT molecular complexity index is 1140. The van der Waals surface area contributed by atoms with Crippen molar-refractivity contribution in [3.8, 4) is 21.7 Å². The maximum Gasteiger partial charge on any atom is 0.238 e. The number of piperidine rings is 1. The van der Waals surface area contributed by atoms with E-state index in [1.54, 1.807) is 23.5 Å². The maximum absolute atomic E-state index is 11.6. The van der Waals surface area contributed by atoms with Crippen LogP contribution in [0.4, 0.5) is 5.13 Å². The Labute approximate surface area is 177 Å². The zero-order valence-electron chi connectivity index (χ0n) is 15.3. The number of aromatic nitrogens is 1. The predicted molar refractivity (Wildman–Crippen MR) is 115 cm³/mol. The lowest BCUT2D eigenvalue weighted by atomic mass is 9.99. The normalized spacial score (nSPS) is 21.1. The Hall–Kier alpha value is -1.97. The molecule has 3 aliphatic rings. The lowest BCUT2D eigenvalue weighted by Gasteiger charge is -2.46. The van der Waals surface area contributed by atoms with Gasteiger partial charge in [-0.3, -0.25) is 0 Å². The van der Waals surface area contributed by atoms with Gasteiger partial charge in [-0.15, -0.1) is 0 Å². The average Bonchev–Trinajstić information content (AvgIpc) is 3.13. The molecule has 0 saturated carbocycles. The number of hydrogen-bond donors (Lipinski definition) is 1. The van der Waals surface area contributed by atoms with Crippen LogP contribution in [-0.4, -0.2) is 38.7 Å². The van der Waals surface area contributed by atoms with Crippen molar-refractivity contribution >= 4 is 38.1 Å². The minimum atomic E-state index is -3.73. The molecule has 4 heterocycles.